The SMILES string of the molecule is COc1ccc(C(O)COc2ccc(N3C(=O)C4C5C=CC(C6CC56)C4C3=O)cc2)cc1. The van der Waals surface area contributed by atoms with Crippen LogP contribution < -0.4 is 14.4 Å². The largest absolute Gasteiger partial charge is 0.497 e. The standard InChI is InChI=1S/C26H25NO5/c1-31-16-6-2-14(3-7-16)22(28)13-32-17-8-4-15(5-9-17)27-25(29)23-18-10-11-19(21-12-20(18)21)24(23)26(27)30/h2-11,18-24,28H,12-13H2,1H3. The third-order valence-electron chi connectivity index (χ3n) is 7.67. The summed E-state index contributed by atoms with van der Waals surface area (Å²) < 4.78 is 10.9. The second-order valence-corrected chi connectivity index (χ2v) is 9.26. The van der Waals surface area contributed by atoms with Gasteiger partial charge in [0.05, 0.1) is 24.6 Å². The number of ether oxygens (including phenoxy) is 2. The number of carbonyl (C=O) groups excluding carboxylic acids is 2. The second kappa shape index (κ2) is 7.20. The number of imide groups is 1. The molecule has 0 aromatic heterocycles. The minimum Gasteiger partial charge on any atom is -0.497 e. The van der Waals surface area contributed by atoms with Gasteiger partial charge >= 0.3 is 0 Å². The molecule has 6 nitrogen and oxygen atoms in total. The van der Waals surface area contributed by atoms with Crippen LogP contribution in [-0.4, -0.2) is 30.6 Å². The molecule has 2 aromatic rings. The normalized spacial score (nSPS) is 32.5. The number of benzene rings is 2. The Morgan fingerprint density at radius 3 is 2.03 bits per heavy atom. The molecule has 5 aliphatic rings. The second-order valence-electron chi connectivity index (χ2n) is 9.26. The molecule has 164 valence electrons. The lowest BCUT2D eigenvalue weighted by atomic mass is 9.63. The van der Waals surface area contributed by atoms with Crippen LogP contribution in [0.25, 0.3) is 0 Å². The van der Waals surface area contributed by atoms with E-state index in [0.29, 0.717) is 23.3 Å². The van der Waals surface area contributed by atoms with Crippen molar-refractivity contribution < 1.29 is 24.2 Å². The molecular weight excluding hydrogens is 406 g/mol. The van der Waals surface area contributed by atoms with Gasteiger partial charge in [0.25, 0.3) is 0 Å². The lowest BCUT2D eigenvalue weighted by Gasteiger charge is -2.37. The molecule has 7 unspecified atom stereocenters. The van der Waals surface area contributed by atoms with Crippen LogP contribution in [0.15, 0.2) is 60.7 Å². The molecule has 1 heterocycles. The number of aliphatic hydroxyl groups excluding tert-OH is 1. The van der Waals surface area contributed by atoms with Crippen molar-refractivity contribution in [3.05, 3.63) is 66.2 Å². The molecule has 32 heavy (non-hydrogen) atoms. The maximum atomic E-state index is 13.2. The first-order chi connectivity index (χ1) is 15.6. The molecule has 2 saturated carbocycles. The van der Waals surface area contributed by atoms with E-state index >= 15 is 0 Å². The number of allylic oxidation sites excluding steroid dienone is 2. The minimum atomic E-state index is -0.778. The van der Waals surface area contributed by atoms with Crippen LogP contribution in [-0.2, 0) is 9.59 Å². The van der Waals surface area contributed by atoms with Crippen molar-refractivity contribution in [2.45, 2.75) is 12.5 Å². The molecular formula is C26H25NO5. The summed E-state index contributed by atoms with van der Waals surface area (Å²) in [7, 11) is 1.60. The van der Waals surface area contributed by atoms with Crippen molar-refractivity contribution in [1.29, 1.82) is 0 Å². The van der Waals surface area contributed by atoms with Crippen molar-refractivity contribution in [3.63, 3.8) is 0 Å². The van der Waals surface area contributed by atoms with Crippen LogP contribution in [0.4, 0.5) is 5.69 Å². The minimum absolute atomic E-state index is 0.0618. The molecule has 1 saturated heterocycles. The zero-order valence-electron chi connectivity index (χ0n) is 17.8. The number of hydrogen-bond acceptors (Lipinski definition) is 5. The highest BCUT2D eigenvalue weighted by molar-refractivity contribution is 6.22. The number of hydrogen-bond donors (Lipinski definition) is 1. The first kappa shape index (κ1) is 19.6. The molecule has 2 aromatic carbocycles. The van der Waals surface area contributed by atoms with Gasteiger partial charge in [-0.15, -0.1) is 0 Å². The highest BCUT2D eigenvalue weighted by atomic mass is 16.5. The number of aliphatic hydroxyl groups is 1. The van der Waals surface area contributed by atoms with Gasteiger partial charge in [-0.05, 0) is 72.1 Å². The zero-order valence-corrected chi connectivity index (χ0v) is 17.8. The average Bonchev–Trinajstić information content (AvgIpc) is 3.61. The average molecular weight is 431 g/mol. The van der Waals surface area contributed by atoms with E-state index in [4.69, 9.17) is 9.47 Å². The Labute approximate surface area is 186 Å². The summed E-state index contributed by atoms with van der Waals surface area (Å²) in [4.78, 5) is 27.8. The highest BCUT2D eigenvalue weighted by Gasteiger charge is 2.67. The molecule has 7 rings (SSSR count). The molecule has 1 aliphatic heterocycles. The maximum Gasteiger partial charge on any atom is 0.238 e. The van der Waals surface area contributed by atoms with Gasteiger partial charge in [0.1, 0.15) is 24.2 Å². The molecule has 3 fully saturated rings. The zero-order chi connectivity index (χ0) is 22.0. The molecule has 0 spiro atoms. The number of carbonyl (C=O) groups is 2. The maximum absolute atomic E-state index is 13.2. The Morgan fingerprint density at radius 2 is 1.47 bits per heavy atom. The lowest BCUT2D eigenvalue weighted by Crippen LogP contribution is -2.40. The van der Waals surface area contributed by atoms with E-state index in [2.05, 4.69) is 12.2 Å². The number of anilines is 1. The van der Waals surface area contributed by atoms with Gasteiger partial charge in [-0.1, -0.05) is 24.3 Å². The van der Waals surface area contributed by atoms with E-state index in [0.717, 1.165) is 17.7 Å². The van der Waals surface area contributed by atoms with Gasteiger partial charge < -0.3 is 14.6 Å². The molecule has 0 radical (unpaired) electrons. The van der Waals surface area contributed by atoms with Crippen molar-refractivity contribution in [2.24, 2.45) is 35.5 Å². The molecule has 6 heteroatoms. The van der Waals surface area contributed by atoms with Gasteiger partial charge in [-0.3, -0.25) is 14.5 Å². The molecule has 1 N–H and O–H groups in total. The quantitative estimate of drug-likeness (QED) is 0.561. The third-order valence-corrected chi connectivity index (χ3v) is 7.67. The molecule has 2 bridgehead atoms. The number of methoxy groups -OCH3 is 1. The van der Waals surface area contributed by atoms with Crippen LogP contribution in [0.5, 0.6) is 11.5 Å². The van der Waals surface area contributed by atoms with Crippen molar-refractivity contribution in [1.82, 2.24) is 0 Å². The number of rotatable bonds is 6. The molecule has 4 aliphatic carbocycles. The topological polar surface area (TPSA) is 76.1 Å². The van der Waals surface area contributed by atoms with Gasteiger partial charge in [0, 0.05) is 0 Å². The van der Waals surface area contributed by atoms with E-state index in [1.54, 1.807) is 55.6 Å². The highest BCUT2D eigenvalue weighted by Crippen LogP contribution is 2.65. The fourth-order valence-corrected chi connectivity index (χ4v) is 6.00. The summed E-state index contributed by atoms with van der Waals surface area (Å²) in [5.41, 5.74) is 1.32. The Balaban J connectivity index is 1.13. The summed E-state index contributed by atoms with van der Waals surface area (Å²) in [6.45, 7) is 0.0925. The predicted molar refractivity (Wildman–Crippen MR) is 117 cm³/mol. The Morgan fingerprint density at radius 1 is 0.906 bits per heavy atom. The van der Waals surface area contributed by atoms with Crippen molar-refractivity contribution >= 4 is 17.5 Å². The molecule has 2 amide bonds. The summed E-state index contributed by atoms with van der Waals surface area (Å²) in [5, 5.41) is 10.4. The summed E-state index contributed by atoms with van der Waals surface area (Å²) in [6, 6.07) is 14.2. The van der Waals surface area contributed by atoms with E-state index < -0.39 is 6.10 Å². The predicted octanol–water partition coefficient (Wildman–Crippen LogP) is 3.37. The fourth-order valence-electron chi connectivity index (χ4n) is 6.00. The van der Waals surface area contributed by atoms with E-state index in [1.807, 2.05) is 0 Å². The summed E-state index contributed by atoms with van der Waals surface area (Å²) in [6.07, 6.45) is 4.74. The van der Waals surface area contributed by atoms with Gasteiger partial charge in [0.2, 0.25) is 11.8 Å². The Hall–Kier alpha value is -3.12. The Kier molecular flexibility index (Phi) is 4.40. The number of nitrogens with zero attached hydrogens (tertiary/aromatic N) is 1. The first-order valence-corrected chi connectivity index (χ1v) is 11.2. The van der Waals surface area contributed by atoms with Crippen LogP contribution in [0.1, 0.15) is 18.1 Å². The summed E-state index contributed by atoms with van der Waals surface area (Å²) in [5.74, 6) is 2.41. The van der Waals surface area contributed by atoms with E-state index in [-0.39, 0.29) is 42.1 Å². The first-order valence-electron chi connectivity index (χ1n) is 11.2. The van der Waals surface area contributed by atoms with E-state index in [9.17, 15) is 14.7 Å². The van der Waals surface area contributed by atoms with Crippen LogP contribution in [0, 0.1) is 35.5 Å². The molecule has 7 atom stereocenters. The van der Waals surface area contributed by atoms with Gasteiger partial charge in [0.15, 0.2) is 0 Å². The lowest BCUT2D eigenvalue weighted by molar-refractivity contribution is -0.124. The third kappa shape index (κ3) is 2.89. The smallest absolute Gasteiger partial charge is 0.238 e. The summed E-state index contributed by atoms with van der Waals surface area (Å²) >= 11 is 0. The Bertz CT molecular complexity index is 1060. The van der Waals surface area contributed by atoms with Crippen LogP contribution >= 0.6 is 0 Å². The van der Waals surface area contributed by atoms with Crippen molar-refractivity contribution in [3.8, 4) is 11.5 Å². The monoisotopic (exact) mass is 431 g/mol. The van der Waals surface area contributed by atoms with E-state index in [1.165, 1.54) is 4.90 Å². The van der Waals surface area contributed by atoms with Gasteiger partial charge in [-0.2, -0.15) is 0 Å². The number of amides is 2. The van der Waals surface area contributed by atoms with Crippen LogP contribution in [0.2, 0.25) is 0 Å². The van der Waals surface area contributed by atoms with Gasteiger partial charge in [-0.25, -0.2) is 0 Å². The fraction of sp³-hybridized carbons (Fsp3) is 0.385. The van der Waals surface area contributed by atoms with Crippen LogP contribution in [0.3, 0.4) is 0 Å². The van der Waals surface area contributed by atoms with Crippen molar-refractivity contribution in [2.75, 3.05) is 18.6 Å².